The fourth-order valence-electron chi connectivity index (χ4n) is 11.5. The summed E-state index contributed by atoms with van der Waals surface area (Å²) in [5.74, 6) is 0.861. The maximum atomic E-state index is 14.5. The Kier molecular flexibility index (Phi) is 6.29. The number of rotatable bonds is 3. The fraction of sp³-hybridized carbons (Fsp3) is 0.882. The molecule has 0 aliphatic heterocycles. The van der Waals surface area contributed by atoms with Gasteiger partial charge in [-0.2, -0.15) is 0 Å². The number of carbonyl (C=O) groups is 2. The Morgan fingerprint density at radius 1 is 0.921 bits per heavy atom. The molecule has 0 saturated heterocycles. The topological polar surface area (TPSA) is 66.4 Å². The first-order valence-corrected chi connectivity index (χ1v) is 15.7. The molecule has 4 fully saturated rings. The molecule has 4 nitrogen and oxygen atoms in total. The third-order valence-electron chi connectivity index (χ3n) is 14.3. The second-order valence-electron chi connectivity index (χ2n) is 16.5. The number of amides is 1. The van der Waals surface area contributed by atoms with E-state index in [2.05, 4.69) is 73.7 Å². The molecule has 1 amide bonds. The highest BCUT2D eigenvalue weighted by atomic mass is 16.3. The first kappa shape index (κ1) is 28.4. The van der Waals surface area contributed by atoms with Crippen LogP contribution in [0.5, 0.6) is 0 Å². The molecule has 0 heterocycles. The van der Waals surface area contributed by atoms with Crippen LogP contribution >= 0.6 is 0 Å². The molecule has 214 valence electrons. The summed E-state index contributed by atoms with van der Waals surface area (Å²) < 4.78 is 0. The second kappa shape index (κ2) is 8.43. The number of allylic oxidation sites excluding steroid dienone is 2. The molecule has 9 unspecified atom stereocenters. The fourth-order valence-corrected chi connectivity index (χ4v) is 11.5. The van der Waals surface area contributed by atoms with Crippen molar-refractivity contribution in [3.8, 4) is 0 Å². The molecule has 5 aliphatic carbocycles. The van der Waals surface area contributed by atoms with Crippen molar-refractivity contribution in [2.75, 3.05) is 6.54 Å². The van der Waals surface area contributed by atoms with Crippen LogP contribution in [0, 0.1) is 49.7 Å². The average molecular weight is 526 g/mol. The summed E-state index contributed by atoms with van der Waals surface area (Å²) in [6.45, 7) is 21.6. The molecule has 0 bridgehead atoms. The van der Waals surface area contributed by atoms with Gasteiger partial charge in [0.2, 0.25) is 5.91 Å². The molecule has 0 aromatic rings. The Bertz CT molecular complexity index is 1060. The van der Waals surface area contributed by atoms with Gasteiger partial charge in [-0.1, -0.05) is 67.9 Å². The van der Waals surface area contributed by atoms with E-state index in [1.54, 1.807) is 0 Å². The van der Waals surface area contributed by atoms with Crippen molar-refractivity contribution in [3.63, 3.8) is 0 Å². The van der Waals surface area contributed by atoms with Crippen LogP contribution in [0.15, 0.2) is 11.6 Å². The van der Waals surface area contributed by atoms with Gasteiger partial charge in [0.25, 0.3) is 0 Å². The van der Waals surface area contributed by atoms with Gasteiger partial charge in [0.15, 0.2) is 5.78 Å². The minimum atomic E-state index is -0.406. The van der Waals surface area contributed by atoms with E-state index in [0.29, 0.717) is 11.7 Å². The van der Waals surface area contributed by atoms with Crippen molar-refractivity contribution in [1.29, 1.82) is 0 Å². The Hall–Kier alpha value is -1.16. The van der Waals surface area contributed by atoms with Gasteiger partial charge in [-0.05, 0) is 109 Å². The molecule has 0 aromatic carbocycles. The van der Waals surface area contributed by atoms with Crippen molar-refractivity contribution in [2.45, 2.75) is 133 Å². The second-order valence-corrected chi connectivity index (χ2v) is 16.5. The van der Waals surface area contributed by atoms with E-state index in [9.17, 15) is 14.7 Å². The highest BCUT2D eigenvalue weighted by Crippen LogP contribution is 2.77. The van der Waals surface area contributed by atoms with E-state index in [1.165, 1.54) is 5.57 Å². The predicted molar refractivity (Wildman–Crippen MR) is 153 cm³/mol. The summed E-state index contributed by atoms with van der Waals surface area (Å²) in [7, 11) is 0. The SMILES string of the molecule is CCCNC(=O)C1(C)CCC2(C)CCC3(C)C(=CC(=O)C4C5(C)CCC(O)C(C)(C)C5CCC43C)C2(C)C1. The molecule has 4 heteroatoms. The summed E-state index contributed by atoms with van der Waals surface area (Å²) in [5.41, 5.74) is 0.427. The lowest BCUT2D eigenvalue weighted by atomic mass is 9.31. The average Bonchev–Trinajstić information content (AvgIpc) is 2.83. The van der Waals surface area contributed by atoms with Crippen molar-refractivity contribution in [1.82, 2.24) is 5.32 Å². The highest BCUT2D eigenvalue weighted by Gasteiger charge is 2.72. The molecule has 38 heavy (non-hydrogen) atoms. The number of aliphatic hydroxyl groups is 1. The minimum absolute atomic E-state index is 0.00921. The Morgan fingerprint density at radius 2 is 1.58 bits per heavy atom. The maximum Gasteiger partial charge on any atom is 0.225 e. The minimum Gasteiger partial charge on any atom is -0.393 e. The van der Waals surface area contributed by atoms with Crippen molar-refractivity contribution in [2.24, 2.45) is 49.7 Å². The van der Waals surface area contributed by atoms with E-state index >= 15 is 0 Å². The van der Waals surface area contributed by atoms with Crippen LogP contribution in [-0.4, -0.2) is 29.4 Å². The lowest BCUT2D eigenvalue weighted by molar-refractivity contribution is -0.207. The lowest BCUT2D eigenvalue weighted by Crippen LogP contribution is -2.68. The van der Waals surface area contributed by atoms with Gasteiger partial charge in [0, 0.05) is 17.9 Å². The van der Waals surface area contributed by atoms with E-state index in [4.69, 9.17) is 0 Å². The van der Waals surface area contributed by atoms with Crippen LogP contribution in [0.2, 0.25) is 0 Å². The first-order valence-electron chi connectivity index (χ1n) is 15.7. The quantitative estimate of drug-likeness (QED) is 0.408. The van der Waals surface area contributed by atoms with Gasteiger partial charge in [-0.15, -0.1) is 0 Å². The van der Waals surface area contributed by atoms with Crippen LogP contribution in [0.1, 0.15) is 127 Å². The zero-order valence-corrected chi connectivity index (χ0v) is 25.9. The number of aliphatic hydroxyl groups excluding tert-OH is 1. The van der Waals surface area contributed by atoms with E-state index in [0.717, 1.165) is 70.8 Å². The summed E-state index contributed by atoms with van der Waals surface area (Å²) in [6, 6.07) is 0. The van der Waals surface area contributed by atoms with Crippen LogP contribution in [0.25, 0.3) is 0 Å². The Morgan fingerprint density at radius 3 is 2.24 bits per heavy atom. The Labute approximate surface area is 232 Å². The zero-order chi connectivity index (χ0) is 28.2. The maximum absolute atomic E-state index is 14.5. The highest BCUT2D eigenvalue weighted by molar-refractivity contribution is 5.96. The molecular weight excluding hydrogens is 470 g/mol. The van der Waals surface area contributed by atoms with Crippen LogP contribution in [0.3, 0.4) is 0 Å². The molecule has 5 rings (SSSR count). The van der Waals surface area contributed by atoms with E-state index < -0.39 is 5.41 Å². The molecule has 2 N–H and O–H groups in total. The summed E-state index contributed by atoms with van der Waals surface area (Å²) >= 11 is 0. The number of ketones is 1. The van der Waals surface area contributed by atoms with Crippen LogP contribution in [-0.2, 0) is 9.59 Å². The molecular formula is C34H55NO3. The van der Waals surface area contributed by atoms with Gasteiger partial charge < -0.3 is 10.4 Å². The van der Waals surface area contributed by atoms with Gasteiger partial charge in [-0.25, -0.2) is 0 Å². The normalized spacial score (nSPS) is 51.6. The van der Waals surface area contributed by atoms with Crippen molar-refractivity contribution in [3.05, 3.63) is 11.6 Å². The number of nitrogens with one attached hydrogen (secondary N) is 1. The zero-order valence-electron chi connectivity index (χ0n) is 25.9. The third kappa shape index (κ3) is 3.37. The Balaban J connectivity index is 1.61. The molecule has 5 aliphatic rings. The lowest BCUT2D eigenvalue weighted by Gasteiger charge is -2.72. The van der Waals surface area contributed by atoms with Crippen molar-refractivity contribution >= 4 is 11.7 Å². The number of hydrogen-bond donors (Lipinski definition) is 2. The number of fused-ring (bicyclic) bond motifs is 7. The molecule has 0 radical (unpaired) electrons. The van der Waals surface area contributed by atoms with Gasteiger partial charge >= 0.3 is 0 Å². The van der Waals surface area contributed by atoms with Crippen LogP contribution < -0.4 is 5.32 Å². The summed E-state index contributed by atoms with van der Waals surface area (Å²) in [5, 5.41) is 14.2. The largest absolute Gasteiger partial charge is 0.393 e. The number of hydrogen-bond acceptors (Lipinski definition) is 3. The van der Waals surface area contributed by atoms with Gasteiger partial charge in [0.1, 0.15) is 0 Å². The molecule has 0 spiro atoms. The standard InChI is InChI=1S/C34H55NO3/c1-10-19-35-27(38)29(4)15-16-30(5)17-18-32(7)24(34(30,9)21-29)20-22(36)26-31(6)13-12-25(37)28(2,3)23(31)11-14-33(26,32)8/h20,23,25-26,37H,10-19,21H2,1-9H3,(H,35,38). The van der Waals surface area contributed by atoms with E-state index in [1.807, 2.05) is 0 Å². The third-order valence-corrected chi connectivity index (χ3v) is 14.3. The summed E-state index contributed by atoms with van der Waals surface area (Å²) in [4.78, 5) is 28.0. The molecule has 0 aromatic heterocycles. The van der Waals surface area contributed by atoms with Gasteiger partial charge in [0.05, 0.1) is 6.10 Å². The predicted octanol–water partition coefficient (Wildman–Crippen LogP) is 7.24. The smallest absolute Gasteiger partial charge is 0.225 e. The monoisotopic (exact) mass is 525 g/mol. The van der Waals surface area contributed by atoms with Crippen LogP contribution in [0.4, 0.5) is 0 Å². The first-order chi connectivity index (χ1) is 17.5. The van der Waals surface area contributed by atoms with Crippen molar-refractivity contribution < 1.29 is 14.7 Å². The molecule has 9 atom stereocenters. The van der Waals surface area contributed by atoms with E-state index in [-0.39, 0.29) is 50.4 Å². The van der Waals surface area contributed by atoms with Gasteiger partial charge in [-0.3, -0.25) is 9.59 Å². The number of carbonyl (C=O) groups excluding carboxylic acids is 2. The summed E-state index contributed by atoms with van der Waals surface area (Å²) in [6.07, 6.45) is 11.7. The molecule has 4 saturated carbocycles.